The molecule has 0 bridgehead atoms. The van der Waals surface area contributed by atoms with Gasteiger partial charge in [-0.3, -0.25) is 0 Å². The Bertz CT molecular complexity index is 827. The van der Waals surface area contributed by atoms with Crippen molar-refractivity contribution in [3.05, 3.63) is 89.1 Å². The lowest BCUT2D eigenvalue weighted by atomic mass is 10.1. The van der Waals surface area contributed by atoms with Gasteiger partial charge in [0.2, 0.25) is 0 Å². The number of unbranched alkanes of at least 4 members (excludes halogenated alkanes) is 1. The van der Waals surface area contributed by atoms with Gasteiger partial charge in [-0.25, -0.2) is 4.74 Å². The van der Waals surface area contributed by atoms with Crippen molar-refractivity contribution < 1.29 is 4.74 Å². The van der Waals surface area contributed by atoms with Crippen LogP contribution in [0.1, 0.15) is 29.5 Å². The van der Waals surface area contributed by atoms with Crippen LogP contribution in [-0.4, -0.2) is 11.0 Å². The first kappa shape index (κ1) is 17.1. The van der Waals surface area contributed by atoms with E-state index in [0.717, 1.165) is 21.4 Å². The van der Waals surface area contributed by atoms with Gasteiger partial charge in [0.1, 0.15) is 0 Å². The van der Waals surface area contributed by atoms with Gasteiger partial charge >= 0.3 is 0 Å². The van der Waals surface area contributed by atoms with Gasteiger partial charge in [-0.1, -0.05) is 72.7 Å². The van der Waals surface area contributed by atoms with Crippen LogP contribution >= 0.6 is 0 Å². The Hall–Kier alpha value is -3.23. The summed E-state index contributed by atoms with van der Waals surface area (Å²) < 4.78 is 0.959. The number of benzene rings is 2. The fourth-order valence-electron chi connectivity index (χ4n) is 2.10. The highest BCUT2D eigenvalue weighted by molar-refractivity contribution is 5.53. The van der Waals surface area contributed by atoms with Crippen molar-refractivity contribution in [2.24, 2.45) is 0 Å². The van der Waals surface area contributed by atoms with Gasteiger partial charge < -0.3 is 5.21 Å². The molecule has 2 rings (SSSR count). The Morgan fingerprint density at radius 2 is 1.62 bits per heavy atom. The maximum atomic E-state index is 11.8. The lowest BCUT2D eigenvalue weighted by Gasteiger charge is -2.03. The minimum atomic E-state index is 0.369. The largest absolute Gasteiger partial charge is 0.624 e. The zero-order chi connectivity index (χ0) is 17.0. The molecule has 0 saturated carbocycles. The molecule has 0 aliphatic heterocycles. The van der Waals surface area contributed by atoms with Crippen LogP contribution in [0.25, 0.3) is 0 Å². The smallest absolute Gasteiger partial charge is 0.178 e. The third-order valence-electron chi connectivity index (χ3n) is 3.24. The van der Waals surface area contributed by atoms with E-state index in [1.807, 2.05) is 54.6 Å². The summed E-state index contributed by atoms with van der Waals surface area (Å²) in [6.45, 7) is 3.96. The summed E-state index contributed by atoms with van der Waals surface area (Å²) in [4.78, 5) is 0. The molecule has 0 saturated heterocycles. The topological polar surface area (TPSA) is 26.1 Å². The number of allylic oxidation sites excluding steroid dienone is 1. The van der Waals surface area contributed by atoms with Crippen LogP contribution in [0.2, 0.25) is 0 Å². The highest BCUT2D eigenvalue weighted by Gasteiger charge is 1.97. The summed E-state index contributed by atoms with van der Waals surface area (Å²) in [6, 6.07) is 17.4. The van der Waals surface area contributed by atoms with Crippen molar-refractivity contribution in [3.8, 4) is 23.7 Å². The number of hydrogen-bond acceptors (Lipinski definition) is 1. The minimum Gasteiger partial charge on any atom is -0.624 e. The van der Waals surface area contributed by atoms with Crippen molar-refractivity contribution in [1.29, 1.82) is 0 Å². The van der Waals surface area contributed by atoms with E-state index in [2.05, 4.69) is 30.3 Å². The Morgan fingerprint density at radius 1 is 0.958 bits per heavy atom. The Morgan fingerprint density at radius 3 is 2.33 bits per heavy atom. The Balaban J connectivity index is 1.90. The highest BCUT2D eigenvalue weighted by atomic mass is 16.5. The standard InChI is InChI=1S/C22H19NO/c1-2-3-14-21-16-9-10-17-22(21)15-8-5-11-18-23(24)19-20-12-6-4-7-13-20/h2,4,6-7,9-10,12-13,16-18H,1,5,11,19H2/b23-18-. The van der Waals surface area contributed by atoms with Crippen molar-refractivity contribution >= 4 is 6.21 Å². The molecule has 0 unspecified atom stereocenters. The number of rotatable bonds is 4. The van der Waals surface area contributed by atoms with Gasteiger partial charge in [-0.15, -0.1) is 0 Å². The summed E-state index contributed by atoms with van der Waals surface area (Å²) >= 11 is 0. The fourth-order valence-corrected chi connectivity index (χ4v) is 2.10. The number of hydroxylamine groups is 1. The molecule has 0 N–H and O–H groups in total. The third-order valence-corrected chi connectivity index (χ3v) is 3.24. The molecular weight excluding hydrogens is 294 g/mol. The van der Waals surface area contributed by atoms with Crippen LogP contribution in [0.5, 0.6) is 0 Å². The van der Waals surface area contributed by atoms with Gasteiger partial charge in [-0.2, -0.15) is 0 Å². The first-order valence-electron chi connectivity index (χ1n) is 7.81. The molecule has 0 heterocycles. The van der Waals surface area contributed by atoms with Crippen LogP contribution in [-0.2, 0) is 6.54 Å². The quantitative estimate of drug-likeness (QED) is 0.208. The number of hydrogen-bond donors (Lipinski definition) is 0. The monoisotopic (exact) mass is 313 g/mol. The summed E-state index contributed by atoms with van der Waals surface area (Å²) in [5.74, 6) is 12.1. The zero-order valence-electron chi connectivity index (χ0n) is 13.5. The van der Waals surface area contributed by atoms with Gasteiger partial charge in [0.25, 0.3) is 0 Å². The molecule has 2 nitrogen and oxygen atoms in total. The molecule has 2 aromatic rings. The van der Waals surface area contributed by atoms with Gasteiger partial charge in [0.05, 0.1) is 0 Å². The van der Waals surface area contributed by atoms with E-state index in [-0.39, 0.29) is 0 Å². The van der Waals surface area contributed by atoms with Crippen LogP contribution in [0.15, 0.2) is 67.3 Å². The molecule has 0 radical (unpaired) electrons. The molecule has 0 fully saturated rings. The predicted molar refractivity (Wildman–Crippen MR) is 99.5 cm³/mol. The van der Waals surface area contributed by atoms with E-state index in [9.17, 15) is 5.21 Å². The van der Waals surface area contributed by atoms with Gasteiger partial charge in [0, 0.05) is 29.5 Å². The molecule has 0 spiro atoms. The van der Waals surface area contributed by atoms with Crippen molar-refractivity contribution in [2.45, 2.75) is 19.4 Å². The van der Waals surface area contributed by atoms with E-state index in [1.165, 1.54) is 0 Å². The van der Waals surface area contributed by atoms with Crippen molar-refractivity contribution in [3.63, 3.8) is 0 Å². The summed E-state index contributed by atoms with van der Waals surface area (Å²) in [5.41, 5.74) is 2.79. The maximum Gasteiger partial charge on any atom is 0.178 e. The lowest BCUT2D eigenvalue weighted by molar-refractivity contribution is -0.471. The van der Waals surface area contributed by atoms with Crippen molar-refractivity contribution in [2.75, 3.05) is 0 Å². The molecule has 2 aromatic carbocycles. The van der Waals surface area contributed by atoms with E-state index < -0.39 is 0 Å². The minimum absolute atomic E-state index is 0.369. The van der Waals surface area contributed by atoms with Gasteiger partial charge in [0.15, 0.2) is 12.8 Å². The first-order valence-corrected chi connectivity index (χ1v) is 7.81. The van der Waals surface area contributed by atoms with E-state index in [0.29, 0.717) is 19.4 Å². The summed E-state index contributed by atoms with van der Waals surface area (Å²) in [5, 5.41) is 11.8. The summed E-state index contributed by atoms with van der Waals surface area (Å²) in [7, 11) is 0. The second-order valence-electron chi connectivity index (χ2n) is 5.10. The molecule has 118 valence electrons. The maximum absolute atomic E-state index is 11.8. The normalized spacial score (nSPS) is 10.1. The second-order valence-corrected chi connectivity index (χ2v) is 5.10. The van der Waals surface area contributed by atoms with Gasteiger partial charge in [-0.05, 0) is 18.2 Å². The predicted octanol–water partition coefficient (Wildman–Crippen LogP) is 4.14. The Kier molecular flexibility index (Phi) is 6.94. The van der Waals surface area contributed by atoms with Crippen LogP contribution in [0, 0.1) is 28.9 Å². The average molecular weight is 313 g/mol. The van der Waals surface area contributed by atoms with E-state index >= 15 is 0 Å². The van der Waals surface area contributed by atoms with E-state index in [4.69, 9.17) is 0 Å². The first-order chi connectivity index (χ1) is 11.8. The van der Waals surface area contributed by atoms with Crippen LogP contribution in [0.3, 0.4) is 0 Å². The summed E-state index contributed by atoms with van der Waals surface area (Å²) in [6.07, 6.45) is 4.47. The Labute approximate surface area is 143 Å². The van der Waals surface area contributed by atoms with Crippen LogP contribution < -0.4 is 0 Å². The lowest BCUT2D eigenvalue weighted by Crippen LogP contribution is -2.04. The highest BCUT2D eigenvalue weighted by Crippen LogP contribution is 2.05. The van der Waals surface area contributed by atoms with Crippen molar-refractivity contribution in [1.82, 2.24) is 0 Å². The van der Waals surface area contributed by atoms with E-state index in [1.54, 1.807) is 12.3 Å². The average Bonchev–Trinajstić information content (AvgIpc) is 2.61. The SMILES string of the molecule is C=CC#Cc1ccccc1C#CCC/C=[N+](\[O-])Cc1ccccc1. The van der Waals surface area contributed by atoms with Crippen LogP contribution in [0.4, 0.5) is 0 Å². The molecule has 0 aromatic heterocycles. The molecule has 0 aliphatic rings. The second kappa shape index (κ2) is 9.72. The molecule has 0 aliphatic carbocycles. The number of nitrogens with zero attached hydrogens (tertiary/aromatic N) is 1. The molecule has 24 heavy (non-hydrogen) atoms. The molecule has 0 atom stereocenters. The molecular formula is C22H19NO. The fraction of sp³-hybridized carbons (Fsp3) is 0.136. The molecule has 0 amide bonds. The molecule has 2 heteroatoms. The zero-order valence-corrected chi connectivity index (χ0v) is 13.5. The third kappa shape index (κ3) is 5.87.